The van der Waals surface area contributed by atoms with Gasteiger partial charge >= 0.3 is 18.3 Å². The molecule has 1 rings (SSSR count). The highest BCUT2D eigenvalue weighted by Gasteiger charge is 2.35. The number of cyclic esters (lactones) is 1. The molecule has 1 heterocycles. The van der Waals surface area contributed by atoms with Gasteiger partial charge < -0.3 is 19.9 Å². The number of ether oxygens (including phenoxy) is 3. The van der Waals surface area contributed by atoms with Crippen LogP contribution in [0, 0.1) is 0 Å². The lowest BCUT2D eigenvalue weighted by Gasteiger charge is -2.31. The first-order chi connectivity index (χ1) is 12.9. The second-order valence-corrected chi connectivity index (χ2v) is 6.86. The molecule has 1 saturated heterocycles. The third-order valence-corrected chi connectivity index (χ3v) is 4.29. The van der Waals surface area contributed by atoms with E-state index in [9.17, 15) is 31.1 Å². The molecule has 1 fully saturated rings. The van der Waals surface area contributed by atoms with E-state index in [0.29, 0.717) is 19.3 Å². The molecule has 11 heteroatoms. The van der Waals surface area contributed by atoms with Gasteiger partial charge in [-0.15, -0.1) is 0 Å². The normalized spacial score (nSPS) is 27.6. The molecule has 5 nitrogen and oxygen atoms in total. The Labute approximate surface area is 159 Å². The van der Waals surface area contributed by atoms with E-state index in [4.69, 9.17) is 19.9 Å². The maximum Gasteiger partial charge on any atom is 0.389 e. The summed E-state index contributed by atoms with van der Waals surface area (Å²) in [6.45, 7) is 1.05. The van der Waals surface area contributed by atoms with Gasteiger partial charge in [-0.25, -0.2) is 0 Å². The molecule has 0 bridgehead atoms. The van der Waals surface area contributed by atoms with E-state index in [1.54, 1.807) is 0 Å². The summed E-state index contributed by atoms with van der Waals surface area (Å²) in [6.07, 6.45) is -12.6. The van der Waals surface area contributed by atoms with Crippen LogP contribution < -0.4 is 5.73 Å². The van der Waals surface area contributed by atoms with Crippen molar-refractivity contribution < 1.29 is 45.3 Å². The number of carbonyl (C=O) groups is 1. The quantitative estimate of drug-likeness (QED) is 0.365. The van der Waals surface area contributed by atoms with Crippen molar-refractivity contribution in [3.63, 3.8) is 0 Å². The maximum atomic E-state index is 12.3. The summed E-state index contributed by atoms with van der Waals surface area (Å²) in [5, 5.41) is 0. The third kappa shape index (κ3) is 10.5. The number of nitrogens with two attached hydrogens (primary N) is 1. The van der Waals surface area contributed by atoms with Gasteiger partial charge in [0.1, 0.15) is 18.2 Å². The number of alkyl halides is 6. The van der Waals surface area contributed by atoms with Crippen molar-refractivity contribution >= 4 is 5.97 Å². The highest BCUT2D eigenvalue weighted by molar-refractivity contribution is 5.75. The number of esters is 1. The van der Waals surface area contributed by atoms with Crippen LogP contribution in [0.3, 0.4) is 0 Å². The maximum absolute atomic E-state index is 12.3. The largest absolute Gasteiger partial charge is 0.459 e. The summed E-state index contributed by atoms with van der Waals surface area (Å²) in [5.41, 5.74) is 5.70. The zero-order valence-corrected chi connectivity index (χ0v) is 15.7. The molecule has 0 unspecified atom stereocenters. The molecule has 2 N–H and O–H groups in total. The molecule has 0 aromatic rings. The average Bonchev–Trinajstić information content (AvgIpc) is 2.58. The summed E-state index contributed by atoms with van der Waals surface area (Å²) >= 11 is 0. The van der Waals surface area contributed by atoms with Crippen LogP contribution in [-0.4, -0.2) is 55.9 Å². The van der Waals surface area contributed by atoms with Crippen molar-refractivity contribution in [1.82, 2.24) is 0 Å². The second-order valence-electron chi connectivity index (χ2n) is 6.86. The molecule has 28 heavy (non-hydrogen) atoms. The van der Waals surface area contributed by atoms with Crippen molar-refractivity contribution in [3.05, 3.63) is 0 Å². The first kappa shape index (κ1) is 25.0. The molecule has 0 amide bonds. The van der Waals surface area contributed by atoms with Crippen LogP contribution in [-0.2, 0) is 19.0 Å². The SMILES string of the molecule is C[C@@H]1OC(=O)[C@@H](N)CCC[C@H](OCCCC(F)(F)F)[C@H]1OCCCC(F)(F)F. The zero-order chi connectivity index (χ0) is 21.4. The Morgan fingerprint density at radius 3 is 2.07 bits per heavy atom. The van der Waals surface area contributed by atoms with Crippen LogP contribution in [0.1, 0.15) is 51.9 Å². The molecular formula is C17H27F6NO4. The lowest BCUT2D eigenvalue weighted by Crippen LogP contribution is -2.43. The van der Waals surface area contributed by atoms with Crippen LogP contribution in [0.2, 0.25) is 0 Å². The highest BCUT2D eigenvalue weighted by atomic mass is 19.4. The van der Waals surface area contributed by atoms with Gasteiger partial charge in [0.15, 0.2) is 0 Å². The molecule has 166 valence electrons. The molecule has 1 aliphatic rings. The van der Waals surface area contributed by atoms with E-state index in [1.807, 2.05) is 0 Å². The van der Waals surface area contributed by atoms with E-state index < -0.39 is 55.5 Å². The van der Waals surface area contributed by atoms with Gasteiger partial charge in [0, 0.05) is 26.1 Å². The van der Waals surface area contributed by atoms with Crippen LogP contribution in [0.15, 0.2) is 0 Å². The van der Waals surface area contributed by atoms with E-state index >= 15 is 0 Å². The number of rotatable bonds is 8. The van der Waals surface area contributed by atoms with E-state index in [-0.39, 0.29) is 26.1 Å². The van der Waals surface area contributed by atoms with E-state index in [2.05, 4.69) is 0 Å². The minimum absolute atomic E-state index is 0.195. The van der Waals surface area contributed by atoms with Crippen LogP contribution >= 0.6 is 0 Å². The Morgan fingerprint density at radius 2 is 1.54 bits per heavy atom. The second kappa shape index (κ2) is 11.2. The predicted molar refractivity (Wildman–Crippen MR) is 87.4 cm³/mol. The summed E-state index contributed by atoms with van der Waals surface area (Å²) in [5.74, 6) is -0.658. The topological polar surface area (TPSA) is 70.8 Å². The van der Waals surface area contributed by atoms with Crippen LogP contribution in [0.5, 0.6) is 0 Å². The number of carbonyl (C=O) groups excluding carboxylic acids is 1. The van der Waals surface area contributed by atoms with Gasteiger partial charge in [-0.05, 0) is 39.0 Å². The Kier molecular flexibility index (Phi) is 9.99. The van der Waals surface area contributed by atoms with Gasteiger partial charge in [0.2, 0.25) is 0 Å². The number of halogens is 6. The lowest BCUT2D eigenvalue weighted by atomic mass is 10.0. The highest BCUT2D eigenvalue weighted by Crippen LogP contribution is 2.25. The van der Waals surface area contributed by atoms with Gasteiger partial charge in [-0.1, -0.05) is 0 Å². The molecule has 0 saturated carbocycles. The first-order valence-corrected chi connectivity index (χ1v) is 9.22. The smallest absolute Gasteiger partial charge is 0.389 e. The monoisotopic (exact) mass is 423 g/mol. The molecule has 0 aromatic carbocycles. The Balaban J connectivity index is 2.70. The predicted octanol–water partition coefficient (Wildman–Crippen LogP) is 3.88. The van der Waals surface area contributed by atoms with E-state index in [0.717, 1.165) is 0 Å². The van der Waals surface area contributed by atoms with Gasteiger partial charge in [0.25, 0.3) is 0 Å². The molecule has 0 aliphatic carbocycles. The van der Waals surface area contributed by atoms with Crippen molar-refractivity contribution in [2.45, 2.75) is 88.6 Å². The van der Waals surface area contributed by atoms with Crippen molar-refractivity contribution in [2.75, 3.05) is 13.2 Å². The average molecular weight is 423 g/mol. The van der Waals surface area contributed by atoms with Crippen molar-refractivity contribution in [3.8, 4) is 0 Å². The summed E-state index contributed by atoms with van der Waals surface area (Å²) in [6, 6.07) is -0.850. The Morgan fingerprint density at radius 1 is 1.00 bits per heavy atom. The summed E-state index contributed by atoms with van der Waals surface area (Å²) < 4.78 is 90.0. The molecule has 0 aromatic heterocycles. The molecule has 0 radical (unpaired) electrons. The van der Waals surface area contributed by atoms with Gasteiger partial charge in [-0.2, -0.15) is 26.3 Å². The minimum atomic E-state index is -4.32. The van der Waals surface area contributed by atoms with Crippen LogP contribution in [0.25, 0.3) is 0 Å². The third-order valence-electron chi connectivity index (χ3n) is 4.29. The fourth-order valence-electron chi connectivity index (χ4n) is 2.88. The van der Waals surface area contributed by atoms with Crippen molar-refractivity contribution in [1.29, 1.82) is 0 Å². The lowest BCUT2D eigenvalue weighted by molar-refractivity contribution is -0.171. The molecular weight excluding hydrogens is 396 g/mol. The summed E-state index contributed by atoms with van der Waals surface area (Å²) in [4.78, 5) is 11.9. The standard InChI is InChI=1S/C17H27F6NO4/c1-11-14(27-10-4-8-17(21,22)23)13(26-9-3-7-16(18,19)20)6-2-5-12(24)15(25)28-11/h11-14H,2-10,24H2,1H3/t11-,12-,13-,14-/m0/s1. The first-order valence-electron chi connectivity index (χ1n) is 9.22. The minimum Gasteiger partial charge on any atom is -0.459 e. The van der Waals surface area contributed by atoms with E-state index in [1.165, 1.54) is 6.92 Å². The van der Waals surface area contributed by atoms with Crippen molar-refractivity contribution in [2.24, 2.45) is 5.73 Å². The Hall–Kier alpha value is -1.07. The summed E-state index contributed by atoms with van der Waals surface area (Å²) in [7, 11) is 0. The van der Waals surface area contributed by atoms with Gasteiger partial charge in [0.05, 0.1) is 6.10 Å². The number of hydrogen-bond donors (Lipinski definition) is 1. The molecule has 4 atom stereocenters. The fraction of sp³-hybridized carbons (Fsp3) is 0.941. The van der Waals surface area contributed by atoms with Crippen LogP contribution in [0.4, 0.5) is 26.3 Å². The van der Waals surface area contributed by atoms with Gasteiger partial charge in [-0.3, -0.25) is 4.79 Å². The Bertz CT molecular complexity index is 472. The molecule has 0 spiro atoms. The fourth-order valence-corrected chi connectivity index (χ4v) is 2.88. The molecule has 1 aliphatic heterocycles. The zero-order valence-electron chi connectivity index (χ0n) is 15.7. The number of hydrogen-bond acceptors (Lipinski definition) is 5.